The van der Waals surface area contributed by atoms with Crippen molar-refractivity contribution in [3.05, 3.63) is 113 Å². The maximum Gasteiger partial charge on any atom is 0.416 e. The fourth-order valence-corrected chi connectivity index (χ4v) is 3.56. The van der Waals surface area contributed by atoms with Crippen LogP contribution >= 0.6 is 0 Å². The number of nitrogens with zero attached hydrogens (tertiary/aromatic N) is 3. The molecule has 154 valence electrons. The molecule has 7 heteroatoms. The molecule has 2 heterocycles. The lowest BCUT2D eigenvalue weighted by Gasteiger charge is -2.42. The van der Waals surface area contributed by atoms with Crippen LogP contribution in [0.3, 0.4) is 0 Å². The molecule has 0 aliphatic carbocycles. The Balaban J connectivity index is 1.84. The Bertz CT molecular complexity index is 1210. The Morgan fingerprint density at radius 1 is 0.968 bits per heavy atom. The highest BCUT2D eigenvalue weighted by Gasteiger charge is 2.32. The summed E-state index contributed by atoms with van der Waals surface area (Å²) < 4.78 is 37.9. The third kappa shape index (κ3) is 4.12. The second kappa shape index (κ2) is 7.84. The SMILES string of the molecule is N#Cc1ccccc1C1=CC(c2ccccn2)=C[N+]([O-])(c2ccc(C(F)(F)F)cc2)C1. The average molecular weight is 419 g/mol. The van der Waals surface area contributed by atoms with Crippen molar-refractivity contribution in [1.29, 1.82) is 5.26 Å². The second-order valence-electron chi connectivity index (χ2n) is 7.12. The molecular weight excluding hydrogens is 403 g/mol. The molecule has 0 N–H and O–H groups in total. The minimum absolute atomic E-state index is 0.0691. The number of allylic oxidation sites excluding steroid dienone is 2. The van der Waals surface area contributed by atoms with Crippen molar-refractivity contribution >= 4 is 16.8 Å². The van der Waals surface area contributed by atoms with Gasteiger partial charge in [-0.25, -0.2) is 0 Å². The first-order valence-electron chi connectivity index (χ1n) is 9.41. The Labute approximate surface area is 177 Å². The number of nitriles is 1. The molecule has 0 saturated carbocycles. The molecule has 1 aromatic heterocycles. The summed E-state index contributed by atoms with van der Waals surface area (Å²) in [6.07, 6.45) is 0.347. The molecule has 0 fully saturated rings. The molecule has 0 saturated heterocycles. The van der Waals surface area contributed by atoms with Gasteiger partial charge < -0.3 is 5.21 Å². The van der Waals surface area contributed by atoms with E-state index in [1.807, 2.05) is 0 Å². The van der Waals surface area contributed by atoms with Crippen LogP contribution in [0.5, 0.6) is 0 Å². The first kappa shape index (κ1) is 20.5. The summed E-state index contributed by atoms with van der Waals surface area (Å²) in [7, 11) is 0. The molecule has 0 radical (unpaired) electrons. The lowest BCUT2D eigenvalue weighted by molar-refractivity contribution is -0.137. The zero-order chi connectivity index (χ0) is 22.1. The Morgan fingerprint density at radius 3 is 2.32 bits per heavy atom. The predicted octanol–water partition coefficient (Wildman–Crippen LogP) is 5.92. The van der Waals surface area contributed by atoms with E-state index < -0.39 is 16.4 Å². The van der Waals surface area contributed by atoms with Gasteiger partial charge in [0.25, 0.3) is 0 Å². The van der Waals surface area contributed by atoms with Crippen molar-refractivity contribution < 1.29 is 13.2 Å². The number of pyridine rings is 1. The monoisotopic (exact) mass is 419 g/mol. The number of halogens is 3. The molecule has 0 spiro atoms. The van der Waals surface area contributed by atoms with E-state index in [1.165, 1.54) is 18.3 Å². The molecule has 1 unspecified atom stereocenters. The minimum Gasteiger partial charge on any atom is -0.622 e. The summed E-state index contributed by atoms with van der Waals surface area (Å²) in [6.45, 7) is -0.0691. The maximum atomic E-state index is 13.9. The number of hydrogen-bond donors (Lipinski definition) is 0. The molecule has 1 aliphatic rings. The molecule has 1 aliphatic heterocycles. The number of benzene rings is 2. The summed E-state index contributed by atoms with van der Waals surface area (Å²) in [5.74, 6) is 0. The smallest absolute Gasteiger partial charge is 0.416 e. The van der Waals surface area contributed by atoms with Gasteiger partial charge in [0.2, 0.25) is 0 Å². The van der Waals surface area contributed by atoms with E-state index in [9.17, 15) is 23.6 Å². The van der Waals surface area contributed by atoms with E-state index in [0.717, 1.165) is 12.1 Å². The largest absolute Gasteiger partial charge is 0.622 e. The van der Waals surface area contributed by atoms with Crippen LogP contribution in [0.4, 0.5) is 18.9 Å². The van der Waals surface area contributed by atoms with Gasteiger partial charge in [-0.15, -0.1) is 0 Å². The molecule has 1 atom stereocenters. The summed E-state index contributed by atoms with van der Waals surface area (Å²) in [5.41, 5.74) is 2.05. The second-order valence-corrected chi connectivity index (χ2v) is 7.12. The van der Waals surface area contributed by atoms with Gasteiger partial charge >= 0.3 is 6.18 Å². The minimum atomic E-state index is -4.49. The normalized spacial score (nSPS) is 18.7. The third-order valence-corrected chi connectivity index (χ3v) is 5.07. The van der Waals surface area contributed by atoms with Crippen LogP contribution < -0.4 is 4.65 Å². The Morgan fingerprint density at radius 2 is 1.68 bits per heavy atom. The van der Waals surface area contributed by atoms with E-state index in [0.29, 0.717) is 28.0 Å². The summed E-state index contributed by atoms with van der Waals surface area (Å²) >= 11 is 0. The van der Waals surface area contributed by atoms with E-state index in [-0.39, 0.29) is 12.2 Å². The van der Waals surface area contributed by atoms with Gasteiger partial charge in [0.1, 0.15) is 18.4 Å². The predicted molar refractivity (Wildman–Crippen MR) is 113 cm³/mol. The fourth-order valence-electron chi connectivity index (χ4n) is 3.56. The van der Waals surface area contributed by atoms with Gasteiger partial charge in [0.05, 0.1) is 28.5 Å². The molecule has 0 amide bonds. The van der Waals surface area contributed by atoms with Crippen molar-refractivity contribution in [2.75, 3.05) is 6.54 Å². The van der Waals surface area contributed by atoms with Crippen molar-refractivity contribution in [1.82, 2.24) is 9.63 Å². The van der Waals surface area contributed by atoms with Crippen LogP contribution in [0.2, 0.25) is 0 Å². The fraction of sp³-hybridized carbons (Fsp3) is 0.0833. The van der Waals surface area contributed by atoms with Gasteiger partial charge in [-0.05, 0) is 36.4 Å². The Kier molecular flexibility index (Phi) is 5.19. The zero-order valence-corrected chi connectivity index (χ0v) is 16.2. The van der Waals surface area contributed by atoms with Gasteiger partial charge in [-0.3, -0.25) is 9.63 Å². The quantitative estimate of drug-likeness (QED) is 0.391. The molecule has 4 nitrogen and oxygen atoms in total. The lowest BCUT2D eigenvalue weighted by atomic mass is 9.94. The highest BCUT2D eigenvalue weighted by atomic mass is 19.4. The molecule has 0 bridgehead atoms. The van der Waals surface area contributed by atoms with Crippen molar-refractivity contribution in [3.63, 3.8) is 0 Å². The number of alkyl halides is 3. The van der Waals surface area contributed by atoms with E-state index in [2.05, 4.69) is 11.1 Å². The summed E-state index contributed by atoms with van der Waals surface area (Å²) in [6, 6.07) is 18.5. The van der Waals surface area contributed by atoms with E-state index in [4.69, 9.17) is 0 Å². The highest BCUT2D eigenvalue weighted by molar-refractivity contribution is 5.89. The molecule has 4 rings (SSSR count). The third-order valence-electron chi connectivity index (χ3n) is 5.07. The molecule has 3 aromatic rings. The van der Waals surface area contributed by atoms with Gasteiger partial charge in [0, 0.05) is 29.5 Å². The zero-order valence-electron chi connectivity index (χ0n) is 16.2. The Hall–Kier alpha value is -3.73. The number of hydroxylamine groups is 2. The number of hydrogen-bond acceptors (Lipinski definition) is 3. The highest BCUT2D eigenvalue weighted by Crippen LogP contribution is 2.38. The van der Waals surface area contributed by atoms with E-state index >= 15 is 0 Å². The average Bonchev–Trinajstić information content (AvgIpc) is 2.79. The molecular formula is C24H16F3N3O. The summed E-state index contributed by atoms with van der Waals surface area (Å²) in [4.78, 5) is 4.30. The maximum absolute atomic E-state index is 13.9. The topological polar surface area (TPSA) is 59.7 Å². The first-order chi connectivity index (χ1) is 14.8. The van der Waals surface area contributed by atoms with Gasteiger partial charge in [0.15, 0.2) is 0 Å². The van der Waals surface area contributed by atoms with Crippen molar-refractivity contribution in [3.8, 4) is 6.07 Å². The molecule has 2 aromatic carbocycles. The van der Waals surface area contributed by atoms with Crippen LogP contribution in [-0.2, 0) is 6.18 Å². The summed E-state index contributed by atoms with van der Waals surface area (Å²) in [5, 5.41) is 23.4. The van der Waals surface area contributed by atoms with Gasteiger partial charge in [-0.2, -0.15) is 18.4 Å². The van der Waals surface area contributed by atoms with Crippen molar-refractivity contribution in [2.24, 2.45) is 0 Å². The number of aromatic nitrogens is 1. The lowest BCUT2D eigenvalue weighted by Crippen LogP contribution is -2.40. The van der Waals surface area contributed by atoms with Crippen LogP contribution in [0.25, 0.3) is 11.1 Å². The first-order valence-corrected chi connectivity index (χ1v) is 9.41. The van der Waals surface area contributed by atoms with Crippen LogP contribution in [0, 0.1) is 16.5 Å². The number of quaternary nitrogens is 1. The van der Waals surface area contributed by atoms with Crippen LogP contribution in [0.15, 0.2) is 85.2 Å². The van der Waals surface area contributed by atoms with Crippen LogP contribution in [0.1, 0.15) is 22.4 Å². The molecule has 31 heavy (non-hydrogen) atoms. The van der Waals surface area contributed by atoms with E-state index in [1.54, 1.807) is 54.7 Å². The van der Waals surface area contributed by atoms with Gasteiger partial charge in [-0.1, -0.05) is 24.3 Å². The van der Waals surface area contributed by atoms with Crippen LogP contribution in [-0.4, -0.2) is 11.5 Å². The number of rotatable bonds is 3. The van der Waals surface area contributed by atoms with Crippen molar-refractivity contribution in [2.45, 2.75) is 6.18 Å². The standard InChI is InChI=1S/C24H16F3N3O/c25-24(26,27)20-8-10-21(11-9-20)30(31)15-18(22-6-2-1-5-17(22)14-28)13-19(16-30)23-7-3-4-12-29-23/h1-13,16H,15H2.